The van der Waals surface area contributed by atoms with E-state index in [9.17, 15) is 19.7 Å². The van der Waals surface area contributed by atoms with Crippen molar-refractivity contribution >= 4 is 63.0 Å². The molecule has 0 aliphatic rings. The number of benzene rings is 3. The Hall–Kier alpha value is -3.73. The Morgan fingerprint density at radius 3 is 2.58 bits per heavy atom. The van der Waals surface area contributed by atoms with Crippen molar-refractivity contribution in [3.8, 4) is 11.3 Å². The van der Waals surface area contributed by atoms with Gasteiger partial charge in [-0.05, 0) is 42.3 Å². The SMILES string of the molecule is CCC(Sc1cccc(NC(=O)Cc2ccc(Cl)cc2)c1)C(=O)Nc1nc(-c2cccc([N+](=O)[O-])c2)cs1. The van der Waals surface area contributed by atoms with Crippen molar-refractivity contribution in [3.63, 3.8) is 0 Å². The smallest absolute Gasteiger partial charge is 0.270 e. The van der Waals surface area contributed by atoms with Crippen LogP contribution in [0.4, 0.5) is 16.5 Å². The minimum Gasteiger partial charge on any atom is -0.326 e. The molecule has 0 fully saturated rings. The van der Waals surface area contributed by atoms with Crippen LogP contribution in [0.25, 0.3) is 11.3 Å². The number of halogens is 1. The van der Waals surface area contributed by atoms with E-state index < -0.39 is 4.92 Å². The van der Waals surface area contributed by atoms with Crippen molar-refractivity contribution < 1.29 is 14.5 Å². The largest absolute Gasteiger partial charge is 0.326 e. The van der Waals surface area contributed by atoms with Gasteiger partial charge in [0.05, 0.1) is 22.3 Å². The van der Waals surface area contributed by atoms with Gasteiger partial charge in [-0.25, -0.2) is 4.98 Å². The second kappa shape index (κ2) is 12.7. The summed E-state index contributed by atoms with van der Waals surface area (Å²) in [6.45, 7) is 1.92. The molecule has 194 valence electrons. The van der Waals surface area contributed by atoms with Crippen LogP contribution in [-0.4, -0.2) is 27.0 Å². The summed E-state index contributed by atoms with van der Waals surface area (Å²) in [6.07, 6.45) is 0.799. The topological polar surface area (TPSA) is 114 Å². The molecule has 2 amide bonds. The minimum absolute atomic E-state index is 0.0214. The number of rotatable bonds is 10. The molecule has 3 aromatic carbocycles. The zero-order valence-corrected chi connectivity index (χ0v) is 22.6. The maximum atomic E-state index is 13.0. The van der Waals surface area contributed by atoms with Gasteiger partial charge in [0.2, 0.25) is 11.8 Å². The van der Waals surface area contributed by atoms with Gasteiger partial charge in [0.1, 0.15) is 0 Å². The molecule has 1 atom stereocenters. The summed E-state index contributed by atoms with van der Waals surface area (Å²) < 4.78 is 0. The van der Waals surface area contributed by atoms with Gasteiger partial charge < -0.3 is 10.6 Å². The molecular formula is C27H23ClN4O4S2. The average Bonchev–Trinajstić information content (AvgIpc) is 3.37. The Bertz CT molecular complexity index is 1460. The van der Waals surface area contributed by atoms with Crippen LogP contribution in [0.3, 0.4) is 0 Å². The highest BCUT2D eigenvalue weighted by molar-refractivity contribution is 8.00. The highest BCUT2D eigenvalue weighted by Crippen LogP contribution is 2.31. The van der Waals surface area contributed by atoms with Gasteiger partial charge in [0, 0.05) is 38.7 Å². The van der Waals surface area contributed by atoms with Crippen LogP contribution >= 0.6 is 34.7 Å². The number of nitrogens with zero attached hydrogens (tertiary/aromatic N) is 2. The van der Waals surface area contributed by atoms with Gasteiger partial charge in [-0.15, -0.1) is 23.1 Å². The number of hydrogen-bond donors (Lipinski definition) is 2. The molecule has 1 heterocycles. The zero-order chi connectivity index (χ0) is 27.1. The number of thiazole rings is 1. The van der Waals surface area contributed by atoms with E-state index in [1.807, 2.05) is 37.3 Å². The van der Waals surface area contributed by atoms with Crippen molar-refractivity contribution in [1.82, 2.24) is 4.98 Å². The predicted molar refractivity (Wildman–Crippen MR) is 153 cm³/mol. The highest BCUT2D eigenvalue weighted by Gasteiger charge is 2.20. The van der Waals surface area contributed by atoms with Gasteiger partial charge in [-0.2, -0.15) is 0 Å². The normalized spacial score (nSPS) is 11.5. The maximum Gasteiger partial charge on any atom is 0.270 e. The van der Waals surface area contributed by atoms with Crippen LogP contribution in [-0.2, 0) is 16.0 Å². The summed E-state index contributed by atoms with van der Waals surface area (Å²) >= 11 is 8.55. The number of nitrogens with one attached hydrogen (secondary N) is 2. The van der Waals surface area contributed by atoms with Gasteiger partial charge in [0.25, 0.3) is 5.69 Å². The van der Waals surface area contributed by atoms with Gasteiger partial charge in [-0.1, -0.05) is 48.9 Å². The predicted octanol–water partition coefficient (Wildman–Crippen LogP) is 7.06. The zero-order valence-electron chi connectivity index (χ0n) is 20.2. The lowest BCUT2D eigenvalue weighted by Gasteiger charge is -2.14. The third-order valence-corrected chi connectivity index (χ3v) is 7.79. The number of nitro groups is 1. The van der Waals surface area contributed by atoms with Crippen LogP contribution in [0, 0.1) is 10.1 Å². The Morgan fingerprint density at radius 2 is 1.84 bits per heavy atom. The molecule has 0 aliphatic heterocycles. The molecule has 0 saturated heterocycles. The van der Waals surface area contributed by atoms with Crippen LogP contribution in [0.1, 0.15) is 18.9 Å². The number of anilines is 2. The molecule has 0 aliphatic carbocycles. The number of thioether (sulfide) groups is 1. The molecule has 0 radical (unpaired) electrons. The first kappa shape index (κ1) is 27.3. The fourth-order valence-electron chi connectivity index (χ4n) is 3.55. The lowest BCUT2D eigenvalue weighted by atomic mass is 10.1. The molecule has 11 heteroatoms. The second-order valence-electron chi connectivity index (χ2n) is 8.23. The van der Waals surface area contributed by atoms with Crippen molar-refractivity contribution in [1.29, 1.82) is 0 Å². The highest BCUT2D eigenvalue weighted by atomic mass is 35.5. The van der Waals surface area contributed by atoms with E-state index in [1.165, 1.54) is 35.2 Å². The van der Waals surface area contributed by atoms with Crippen LogP contribution in [0.2, 0.25) is 5.02 Å². The van der Waals surface area contributed by atoms with E-state index >= 15 is 0 Å². The molecule has 1 aromatic heterocycles. The Morgan fingerprint density at radius 1 is 1.08 bits per heavy atom. The number of non-ortho nitro benzene ring substituents is 1. The molecule has 4 rings (SSSR count). The number of aromatic nitrogens is 1. The standard InChI is InChI=1S/C27H23ClN4O4S2/c1-2-24(26(34)31-27-30-23(16-37-27)18-5-3-7-21(14-18)32(35)36)38-22-8-4-6-20(15-22)29-25(33)13-17-9-11-19(28)12-10-17/h3-12,14-16,24H,2,13H2,1H3,(H,29,33)(H,30,31,34). The molecule has 4 aromatic rings. The minimum atomic E-state index is -0.457. The Balaban J connectivity index is 1.37. The lowest BCUT2D eigenvalue weighted by molar-refractivity contribution is -0.384. The Labute approximate surface area is 232 Å². The average molecular weight is 567 g/mol. The summed E-state index contributed by atoms with van der Waals surface area (Å²) in [4.78, 5) is 41.3. The summed E-state index contributed by atoms with van der Waals surface area (Å²) in [5, 5.41) is 19.2. The van der Waals surface area contributed by atoms with E-state index in [2.05, 4.69) is 15.6 Å². The third kappa shape index (κ3) is 7.41. The maximum absolute atomic E-state index is 13.0. The fraction of sp³-hybridized carbons (Fsp3) is 0.148. The number of amides is 2. The van der Waals surface area contributed by atoms with E-state index in [0.29, 0.717) is 33.5 Å². The molecule has 0 saturated carbocycles. The first-order chi connectivity index (χ1) is 18.3. The molecule has 0 bridgehead atoms. The summed E-state index contributed by atoms with van der Waals surface area (Å²) in [6, 6.07) is 20.7. The summed E-state index contributed by atoms with van der Waals surface area (Å²) in [5.74, 6) is -0.350. The lowest BCUT2D eigenvalue weighted by Crippen LogP contribution is -2.24. The Kier molecular flexibility index (Phi) is 9.11. The third-order valence-electron chi connectivity index (χ3n) is 5.42. The van der Waals surface area contributed by atoms with Crippen molar-refractivity contribution in [2.45, 2.75) is 29.9 Å². The van der Waals surface area contributed by atoms with E-state index in [-0.39, 0.29) is 29.2 Å². The van der Waals surface area contributed by atoms with Crippen molar-refractivity contribution in [3.05, 3.63) is 98.9 Å². The molecule has 2 N–H and O–H groups in total. The summed E-state index contributed by atoms with van der Waals surface area (Å²) in [7, 11) is 0. The molecule has 1 unspecified atom stereocenters. The van der Waals surface area contributed by atoms with E-state index in [4.69, 9.17) is 11.6 Å². The van der Waals surface area contributed by atoms with Crippen LogP contribution in [0.5, 0.6) is 0 Å². The first-order valence-corrected chi connectivity index (χ1v) is 13.8. The van der Waals surface area contributed by atoms with E-state index in [1.54, 1.807) is 35.7 Å². The van der Waals surface area contributed by atoms with Gasteiger partial charge in [-0.3, -0.25) is 19.7 Å². The molecule has 38 heavy (non-hydrogen) atoms. The number of nitro benzene ring substituents is 1. The number of carbonyl (C=O) groups excluding carboxylic acids is 2. The fourth-order valence-corrected chi connectivity index (χ4v) is 5.42. The quantitative estimate of drug-likeness (QED) is 0.121. The number of hydrogen-bond acceptors (Lipinski definition) is 7. The molecule has 8 nitrogen and oxygen atoms in total. The molecular weight excluding hydrogens is 544 g/mol. The summed E-state index contributed by atoms with van der Waals surface area (Å²) in [5.41, 5.74) is 2.64. The number of carbonyl (C=O) groups is 2. The van der Waals surface area contributed by atoms with Crippen molar-refractivity contribution in [2.24, 2.45) is 0 Å². The van der Waals surface area contributed by atoms with E-state index in [0.717, 1.165) is 10.5 Å². The first-order valence-electron chi connectivity index (χ1n) is 11.6. The van der Waals surface area contributed by atoms with Crippen molar-refractivity contribution in [2.75, 3.05) is 10.6 Å². The van der Waals surface area contributed by atoms with Crippen LogP contribution < -0.4 is 10.6 Å². The molecule has 0 spiro atoms. The van der Waals surface area contributed by atoms with Gasteiger partial charge in [0.15, 0.2) is 5.13 Å². The second-order valence-corrected chi connectivity index (χ2v) is 10.8. The van der Waals surface area contributed by atoms with Crippen LogP contribution in [0.15, 0.2) is 83.1 Å². The van der Waals surface area contributed by atoms with Gasteiger partial charge >= 0.3 is 0 Å². The monoisotopic (exact) mass is 566 g/mol.